The van der Waals surface area contributed by atoms with Crippen LogP contribution in [0.3, 0.4) is 0 Å². The fourth-order valence-corrected chi connectivity index (χ4v) is 5.91. The molecule has 41 heavy (non-hydrogen) atoms. The van der Waals surface area contributed by atoms with Crippen molar-refractivity contribution in [2.75, 3.05) is 27.7 Å². The Kier molecular flexibility index (Phi) is 8.48. The molecule has 3 aromatic heterocycles. The lowest BCUT2D eigenvalue weighted by Gasteiger charge is -2.36. The molecule has 3 aromatic rings. The summed E-state index contributed by atoms with van der Waals surface area (Å²) < 4.78 is 13.7. The third-order valence-electron chi connectivity index (χ3n) is 8.49. The molecule has 1 N–H and O–H groups in total. The van der Waals surface area contributed by atoms with Crippen LogP contribution in [0.25, 0.3) is 17.3 Å². The molecule has 12 nitrogen and oxygen atoms in total. The Morgan fingerprint density at radius 1 is 1.20 bits per heavy atom. The van der Waals surface area contributed by atoms with Gasteiger partial charge in [-0.2, -0.15) is 4.98 Å². The van der Waals surface area contributed by atoms with Crippen LogP contribution in [0.5, 0.6) is 5.88 Å². The number of rotatable bonds is 10. The number of nitrogens with one attached hydrogen (secondary N) is 1. The highest BCUT2D eigenvalue weighted by Gasteiger charge is 2.48. The lowest BCUT2D eigenvalue weighted by molar-refractivity contribution is -0.128. The first-order valence-corrected chi connectivity index (χ1v) is 14.6. The van der Waals surface area contributed by atoms with E-state index in [2.05, 4.69) is 27.7 Å². The van der Waals surface area contributed by atoms with Gasteiger partial charge in [0.25, 0.3) is 5.91 Å². The Hall–Kier alpha value is -3.67. The molecule has 1 saturated carbocycles. The second kappa shape index (κ2) is 12.1. The minimum absolute atomic E-state index is 0.113. The average molecular weight is 565 g/mol. The van der Waals surface area contributed by atoms with Gasteiger partial charge in [0.05, 0.1) is 11.6 Å². The topological polar surface area (TPSA) is 141 Å². The average Bonchev–Trinajstić information content (AvgIpc) is 3.63. The molecule has 0 bridgehead atoms. The smallest absolute Gasteiger partial charge is 0.275 e. The van der Waals surface area contributed by atoms with Crippen molar-refractivity contribution in [3.63, 3.8) is 0 Å². The first kappa shape index (κ1) is 28.8. The monoisotopic (exact) mass is 564 g/mol. The zero-order valence-corrected chi connectivity index (χ0v) is 24.6. The van der Waals surface area contributed by atoms with Crippen LogP contribution < -0.4 is 10.1 Å². The van der Waals surface area contributed by atoms with Crippen molar-refractivity contribution < 1.29 is 18.8 Å². The van der Waals surface area contributed by atoms with Gasteiger partial charge in [0.15, 0.2) is 28.8 Å². The summed E-state index contributed by atoms with van der Waals surface area (Å²) in [4.78, 5) is 36.6. The second-order valence-electron chi connectivity index (χ2n) is 11.6. The molecule has 1 spiro atoms. The zero-order chi connectivity index (χ0) is 29.1. The van der Waals surface area contributed by atoms with Gasteiger partial charge in [-0.3, -0.25) is 9.59 Å². The summed E-state index contributed by atoms with van der Waals surface area (Å²) in [5.74, 6) is 2.02. The number of ketones is 1. The first-order chi connectivity index (χ1) is 19.7. The lowest BCUT2D eigenvalue weighted by atomic mass is 9.64. The molecule has 3 heterocycles. The first-order valence-electron chi connectivity index (χ1n) is 14.6. The molecule has 2 aliphatic rings. The molecule has 220 valence electrons. The lowest BCUT2D eigenvalue weighted by Crippen LogP contribution is -2.41. The Labute approximate surface area is 240 Å². The summed E-state index contributed by atoms with van der Waals surface area (Å²) in [5, 5.41) is 15.8. The maximum Gasteiger partial charge on any atom is 0.275 e. The van der Waals surface area contributed by atoms with Crippen molar-refractivity contribution in [2.45, 2.75) is 83.2 Å². The van der Waals surface area contributed by atoms with Gasteiger partial charge in [0.1, 0.15) is 11.9 Å². The summed E-state index contributed by atoms with van der Waals surface area (Å²) in [6, 6.07) is 1.69. The van der Waals surface area contributed by atoms with Gasteiger partial charge in [-0.05, 0) is 71.4 Å². The SMILES string of the molecule is CNCCC[C@H](C)[C@H](C)Oc1cc(-n2cc(C(=O)N(C)C)nn2)nc(-c2noc3c2CCC[C@@]32CCCCC2=O)n1. The number of nitrogens with zero attached hydrogens (tertiary/aromatic N) is 7. The largest absolute Gasteiger partial charge is 0.474 e. The van der Waals surface area contributed by atoms with Gasteiger partial charge in [0, 0.05) is 32.1 Å². The van der Waals surface area contributed by atoms with Crippen LogP contribution in [-0.4, -0.2) is 80.5 Å². The molecule has 2 aliphatic carbocycles. The molecule has 0 aromatic carbocycles. The molecule has 5 rings (SSSR count). The maximum absolute atomic E-state index is 13.2. The van der Waals surface area contributed by atoms with E-state index in [9.17, 15) is 9.59 Å². The van der Waals surface area contributed by atoms with Crippen LogP contribution in [0.15, 0.2) is 16.8 Å². The highest BCUT2D eigenvalue weighted by atomic mass is 16.5. The molecular weight excluding hydrogens is 524 g/mol. The molecular formula is C29H40N8O4. The fourth-order valence-electron chi connectivity index (χ4n) is 5.91. The molecule has 1 fully saturated rings. The second-order valence-corrected chi connectivity index (χ2v) is 11.6. The summed E-state index contributed by atoms with van der Waals surface area (Å²) in [6.45, 7) is 5.14. The van der Waals surface area contributed by atoms with Gasteiger partial charge in [-0.25, -0.2) is 9.67 Å². The third-order valence-corrected chi connectivity index (χ3v) is 8.49. The molecule has 1 amide bonds. The molecule has 0 radical (unpaired) electrons. The Balaban J connectivity index is 1.53. The predicted octanol–water partition coefficient (Wildman–Crippen LogP) is 3.53. The molecule has 3 atom stereocenters. The van der Waals surface area contributed by atoms with E-state index in [4.69, 9.17) is 19.2 Å². The van der Waals surface area contributed by atoms with E-state index in [1.807, 2.05) is 14.0 Å². The Morgan fingerprint density at radius 2 is 2.00 bits per heavy atom. The molecule has 12 heteroatoms. The minimum atomic E-state index is -0.599. The summed E-state index contributed by atoms with van der Waals surface area (Å²) in [5.41, 5.74) is 1.01. The van der Waals surface area contributed by atoms with Gasteiger partial charge in [0.2, 0.25) is 5.88 Å². The van der Waals surface area contributed by atoms with Crippen molar-refractivity contribution in [3.05, 3.63) is 29.3 Å². The fraction of sp³-hybridized carbons (Fsp3) is 0.621. The van der Waals surface area contributed by atoms with E-state index < -0.39 is 5.41 Å². The van der Waals surface area contributed by atoms with Crippen molar-refractivity contribution in [2.24, 2.45) is 5.92 Å². The van der Waals surface area contributed by atoms with E-state index in [1.54, 1.807) is 20.2 Å². The van der Waals surface area contributed by atoms with Crippen LogP contribution in [0.4, 0.5) is 0 Å². The van der Waals surface area contributed by atoms with E-state index in [0.29, 0.717) is 35.4 Å². The van der Waals surface area contributed by atoms with Crippen LogP contribution in [0.2, 0.25) is 0 Å². The summed E-state index contributed by atoms with van der Waals surface area (Å²) in [7, 11) is 5.27. The molecule has 0 unspecified atom stereocenters. The van der Waals surface area contributed by atoms with Gasteiger partial charge in [-0.15, -0.1) is 5.10 Å². The number of hydrogen-bond donors (Lipinski definition) is 1. The van der Waals surface area contributed by atoms with E-state index in [0.717, 1.165) is 63.5 Å². The predicted molar refractivity (Wildman–Crippen MR) is 151 cm³/mol. The van der Waals surface area contributed by atoms with Gasteiger partial charge >= 0.3 is 0 Å². The minimum Gasteiger partial charge on any atom is -0.474 e. The van der Waals surface area contributed by atoms with Crippen molar-refractivity contribution in [1.29, 1.82) is 0 Å². The van der Waals surface area contributed by atoms with Crippen LogP contribution >= 0.6 is 0 Å². The van der Waals surface area contributed by atoms with Crippen LogP contribution in [0.1, 0.15) is 87.0 Å². The third kappa shape index (κ3) is 5.74. The Bertz CT molecular complexity index is 1400. The highest BCUT2D eigenvalue weighted by Crippen LogP contribution is 2.47. The highest BCUT2D eigenvalue weighted by molar-refractivity contribution is 5.92. The molecule has 0 aliphatic heterocycles. The zero-order valence-electron chi connectivity index (χ0n) is 24.6. The van der Waals surface area contributed by atoms with Crippen molar-refractivity contribution in [3.8, 4) is 23.2 Å². The number of ether oxygens (including phenoxy) is 1. The number of carbonyl (C=O) groups excluding carboxylic acids is 2. The quantitative estimate of drug-likeness (QED) is 0.364. The van der Waals surface area contributed by atoms with Crippen LogP contribution in [0, 0.1) is 5.92 Å². The normalized spacial score (nSPS) is 20.1. The number of amides is 1. The maximum atomic E-state index is 13.2. The van der Waals surface area contributed by atoms with E-state index >= 15 is 0 Å². The van der Waals surface area contributed by atoms with Crippen LogP contribution in [-0.2, 0) is 16.6 Å². The summed E-state index contributed by atoms with van der Waals surface area (Å²) >= 11 is 0. The van der Waals surface area contributed by atoms with Crippen molar-refractivity contribution >= 4 is 11.7 Å². The Morgan fingerprint density at radius 3 is 2.76 bits per heavy atom. The number of fused-ring (bicyclic) bond motifs is 2. The summed E-state index contributed by atoms with van der Waals surface area (Å²) in [6.07, 6.45) is 9.13. The number of aromatic nitrogens is 6. The standard InChI is InChI=1S/C29H40N8O4/c1-18(10-9-15-30-3)19(2)40-24-16-23(37-17-21(33-35-37)28(39)36(4)5)31-27(32-24)25-20-11-8-14-29(26(20)41-34-25)13-7-6-12-22(29)38/h16-19,30H,6-15H2,1-5H3/t18-,19-,29+/m0/s1. The van der Waals surface area contributed by atoms with E-state index in [-0.39, 0.29) is 29.4 Å². The number of Topliss-reactive ketones (excluding diaryl/α,β-unsaturated/α-hetero) is 1. The molecule has 0 saturated heterocycles. The number of carbonyl (C=O) groups is 2. The van der Waals surface area contributed by atoms with Gasteiger partial charge < -0.3 is 19.5 Å². The van der Waals surface area contributed by atoms with E-state index in [1.165, 1.54) is 15.8 Å². The number of hydrogen-bond acceptors (Lipinski definition) is 10. The van der Waals surface area contributed by atoms with Crippen molar-refractivity contribution in [1.82, 2.24) is 40.3 Å². The van der Waals surface area contributed by atoms with Gasteiger partial charge in [-0.1, -0.05) is 23.7 Å².